The van der Waals surface area contributed by atoms with E-state index in [0.717, 1.165) is 5.75 Å². The van der Waals surface area contributed by atoms with Crippen LogP contribution in [-0.4, -0.2) is 28.6 Å². The molecule has 0 rings (SSSR count). The third kappa shape index (κ3) is 14.0. The molecule has 0 aliphatic carbocycles. The van der Waals surface area contributed by atoms with Gasteiger partial charge in [0.25, 0.3) is 0 Å². The van der Waals surface area contributed by atoms with Gasteiger partial charge in [0, 0.05) is 5.75 Å². The third-order valence-corrected chi connectivity index (χ3v) is 4.43. The van der Waals surface area contributed by atoms with Crippen LogP contribution >= 0.6 is 11.8 Å². The molecule has 3 nitrogen and oxygen atoms in total. The normalized spacial score (nSPS) is 12.5. The molecule has 0 aromatic heterocycles. The van der Waals surface area contributed by atoms with E-state index >= 15 is 0 Å². The fourth-order valence-electron chi connectivity index (χ4n) is 1.97. The zero-order valence-corrected chi connectivity index (χ0v) is 13.2. The van der Waals surface area contributed by atoms with Gasteiger partial charge >= 0.3 is 5.97 Å². The zero-order chi connectivity index (χ0) is 14.3. The Bertz CT molecular complexity index is 212. The van der Waals surface area contributed by atoms with Crippen molar-refractivity contribution < 1.29 is 9.90 Å². The first kappa shape index (κ1) is 18.8. The lowest BCUT2D eigenvalue weighted by molar-refractivity contribution is -0.137. The molecule has 0 aliphatic rings. The van der Waals surface area contributed by atoms with Gasteiger partial charge in [-0.1, -0.05) is 64.7 Å². The number of nitrogens with two attached hydrogens (primary N) is 1. The Morgan fingerprint density at radius 2 is 1.47 bits per heavy atom. The van der Waals surface area contributed by atoms with Crippen molar-refractivity contribution in [1.29, 1.82) is 0 Å². The van der Waals surface area contributed by atoms with Gasteiger partial charge in [-0.3, -0.25) is 4.79 Å². The highest BCUT2D eigenvalue weighted by Gasteiger charge is 2.10. The Kier molecular flexibility index (Phi) is 14.0. The highest BCUT2D eigenvalue weighted by atomic mass is 32.2. The summed E-state index contributed by atoms with van der Waals surface area (Å²) in [6.45, 7) is 2.25. The fraction of sp³-hybridized carbons (Fsp3) is 0.933. The van der Waals surface area contributed by atoms with Crippen molar-refractivity contribution in [3.8, 4) is 0 Å². The van der Waals surface area contributed by atoms with Gasteiger partial charge in [0.15, 0.2) is 0 Å². The maximum Gasteiger partial charge on any atom is 0.321 e. The molecule has 0 bridgehead atoms. The van der Waals surface area contributed by atoms with E-state index in [9.17, 15) is 4.79 Å². The monoisotopic (exact) mass is 289 g/mol. The summed E-state index contributed by atoms with van der Waals surface area (Å²) in [7, 11) is 0. The number of rotatable bonds is 14. The standard InChI is InChI=1S/C15H31NO2S/c1-2-3-4-5-6-7-8-9-10-11-12-19-13-14(16)15(17)18/h14H,2-13,16H2,1H3,(H,17,18)/t14-/m1/s1. The average Bonchev–Trinajstić information content (AvgIpc) is 2.39. The van der Waals surface area contributed by atoms with E-state index in [2.05, 4.69) is 6.92 Å². The maximum absolute atomic E-state index is 10.5. The van der Waals surface area contributed by atoms with Gasteiger partial charge in [-0.15, -0.1) is 0 Å². The van der Waals surface area contributed by atoms with Gasteiger partial charge in [-0.25, -0.2) is 0 Å². The number of thioether (sulfide) groups is 1. The van der Waals surface area contributed by atoms with Crippen LogP contribution in [-0.2, 0) is 4.79 Å². The molecule has 0 radical (unpaired) electrons. The molecule has 1 atom stereocenters. The van der Waals surface area contributed by atoms with Gasteiger partial charge in [0.1, 0.15) is 6.04 Å². The molecule has 3 N–H and O–H groups in total. The third-order valence-electron chi connectivity index (χ3n) is 3.26. The summed E-state index contributed by atoms with van der Waals surface area (Å²) in [4.78, 5) is 10.5. The molecular weight excluding hydrogens is 258 g/mol. The van der Waals surface area contributed by atoms with Crippen LogP contribution in [0.1, 0.15) is 71.1 Å². The van der Waals surface area contributed by atoms with Crippen molar-refractivity contribution in [2.75, 3.05) is 11.5 Å². The first-order chi connectivity index (χ1) is 9.18. The van der Waals surface area contributed by atoms with E-state index in [1.165, 1.54) is 64.2 Å². The van der Waals surface area contributed by atoms with E-state index in [4.69, 9.17) is 10.8 Å². The summed E-state index contributed by atoms with van der Waals surface area (Å²) in [5.41, 5.74) is 5.43. The molecule has 0 aromatic rings. The number of aliphatic carboxylic acids is 1. The highest BCUT2D eigenvalue weighted by Crippen LogP contribution is 2.12. The summed E-state index contributed by atoms with van der Waals surface area (Å²) in [5, 5.41) is 8.62. The van der Waals surface area contributed by atoms with Crippen LogP contribution in [0.2, 0.25) is 0 Å². The predicted octanol–water partition coefficient (Wildman–Crippen LogP) is 4.05. The number of carboxylic acid groups (broad SMARTS) is 1. The van der Waals surface area contributed by atoms with Crippen LogP contribution in [0.25, 0.3) is 0 Å². The van der Waals surface area contributed by atoms with E-state index in [1.54, 1.807) is 11.8 Å². The molecule has 4 heteroatoms. The highest BCUT2D eigenvalue weighted by molar-refractivity contribution is 7.99. The SMILES string of the molecule is CCCCCCCCCCCCSC[C@@H](N)C(=O)O. The van der Waals surface area contributed by atoms with Crippen molar-refractivity contribution in [2.45, 2.75) is 77.2 Å². The zero-order valence-electron chi connectivity index (χ0n) is 12.4. The van der Waals surface area contributed by atoms with Crippen LogP contribution in [0, 0.1) is 0 Å². The van der Waals surface area contributed by atoms with E-state index < -0.39 is 12.0 Å². The molecule has 0 saturated heterocycles. The molecule has 114 valence electrons. The van der Waals surface area contributed by atoms with Crippen LogP contribution in [0.15, 0.2) is 0 Å². The fourth-order valence-corrected chi connectivity index (χ4v) is 2.94. The summed E-state index contributed by atoms with van der Waals surface area (Å²) in [6.07, 6.45) is 13.4. The summed E-state index contributed by atoms with van der Waals surface area (Å²) in [6, 6.07) is -0.701. The summed E-state index contributed by atoms with van der Waals surface area (Å²) >= 11 is 1.66. The van der Waals surface area contributed by atoms with Crippen molar-refractivity contribution in [2.24, 2.45) is 5.73 Å². The second kappa shape index (κ2) is 14.2. The predicted molar refractivity (Wildman–Crippen MR) is 84.8 cm³/mol. The van der Waals surface area contributed by atoms with Gasteiger partial charge in [-0.05, 0) is 12.2 Å². The number of unbranched alkanes of at least 4 members (excludes halogenated alkanes) is 9. The second-order valence-corrected chi connectivity index (χ2v) is 6.35. The number of carbonyl (C=O) groups is 1. The topological polar surface area (TPSA) is 63.3 Å². The number of carboxylic acids is 1. The second-order valence-electron chi connectivity index (χ2n) is 5.20. The number of hydrogen-bond acceptors (Lipinski definition) is 3. The van der Waals surface area contributed by atoms with Gasteiger partial charge in [-0.2, -0.15) is 11.8 Å². The lowest BCUT2D eigenvalue weighted by Gasteiger charge is -2.05. The molecular formula is C15H31NO2S. The van der Waals surface area contributed by atoms with Crippen LogP contribution < -0.4 is 5.73 Å². The minimum Gasteiger partial charge on any atom is -0.480 e. The first-order valence-corrected chi connectivity index (χ1v) is 8.90. The van der Waals surface area contributed by atoms with Crippen molar-refractivity contribution >= 4 is 17.7 Å². The maximum atomic E-state index is 10.5. The quantitative estimate of drug-likeness (QED) is 0.473. The van der Waals surface area contributed by atoms with Crippen molar-refractivity contribution in [3.63, 3.8) is 0 Å². The Hall–Kier alpha value is -0.220. The Balaban J connectivity index is 3.05. The summed E-state index contributed by atoms with van der Waals surface area (Å²) in [5.74, 6) is 0.681. The minimum atomic E-state index is -0.893. The van der Waals surface area contributed by atoms with E-state index in [0.29, 0.717) is 5.75 Å². The van der Waals surface area contributed by atoms with E-state index in [-0.39, 0.29) is 0 Å². The molecule has 0 amide bonds. The molecule has 0 unspecified atom stereocenters. The summed E-state index contributed by atoms with van der Waals surface area (Å²) < 4.78 is 0. The molecule has 19 heavy (non-hydrogen) atoms. The Labute approximate surface area is 122 Å². The van der Waals surface area contributed by atoms with Gasteiger partial charge in [0.2, 0.25) is 0 Å². The van der Waals surface area contributed by atoms with Crippen LogP contribution in [0.4, 0.5) is 0 Å². The largest absolute Gasteiger partial charge is 0.480 e. The van der Waals surface area contributed by atoms with Crippen molar-refractivity contribution in [1.82, 2.24) is 0 Å². The van der Waals surface area contributed by atoms with Crippen molar-refractivity contribution in [3.05, 3.63) is 0 Å². The van der Waals surface area contributed by atoms with Gasteiger partial charge in [0.05, 0.1) is 0 Å². The van der Waals surface area contributed by atoms with Gasteiger partial charge < -0.3 is 10.8 Å². The van der Waals surface area contributed by atoms with Crippen LogP contribution in [0.5, 0.6) is 0 Å². The van der Waals surface area contributed by atoms with E-state index in [1.807, 2.05) is 0 Å². The first-order valence-electron chi connectivity index (χ1n) is 7.74. The average molecular weight is 289 g/mol. The molecule has 0 heterocycles. The van der Waals surface area contributed by atoms with Crippen LogP contribution in [0.3, 0.4) is 0 Å². The molecule has 0 saturated carbocycles. The Morgan fingerprint density at radius 1 is 1.00 bits per heavy atom. The molecule has 0 spiro atoms. The number of hydrogen-bond donors (Lipinski definition) is 2. The molecule has 0 aliphatic heterocycles. The Morgan fingerprint density at radius 3 is 1.95 bits per heavy atom. The lowest BCUT2D eigenvalue weighted by Crippen LogP contribution is -2.32. The lowest BCUT2D eigenvalue weighted by atomic mass is 10.1. The molecule has 0 fully saturated rings. The molecule has 0 aromatic carbocycles. The smallest absolute Gasteiger partial charge is 0.321 e. The minimum absolute atomic E-state index is 0.534.